The SMILES string of the molecule is O=C(CN1CCCC1=O)NCCCN1CCCCC1CO. The van der Waals surface area contributed by atoms with Crippen LogP contribution < -0.4 is 5.32 Å². The van der Waals surface area contributed by atoms with Crippen molar-refractivity contribution >= 4 is 11.8 Å². The molecule has 2 saturated heterocycles. The number of nitrogens with zero attached hydrogens (tertiary/aromatic N) is 2. The van der Waals surface area contributed by atoms with Gasteiger partial charge in [0.05, 0.1) is 13.2 Å². The number of amides is 2. The Morgan fingerprint density at radius 2 is 2.14 bits per heavy atom. The lowest BCUT2D eigenvalue weighted by molar-refractivity contribution is -0.133. The van der Waals surface area contributed by atoms with Gasteiger partial charge in [-0.1, -0.05) is 6.42 Å². The Morgan fingerprint density at radius 3 is 2.86 bits per heavy atom. The van der Waals surface area contributed by atoms with Crippen LogP contribution in [0.4, 0.5) is 0 Å². The fraction of sp³-hybridized carbons (Fsp3) is 0.867. The Morgan fingerprint density at radius 1 is 1.29 bits per heavy atom. The summed E-state index contributed by atoms with van der Waals surface area (Å²) >= 11 is 0. The van der Waals surface area contributed by atoms with E-state index in [-0.39, 0.29) is 31.0 Å². The van der Waals surface area contributed by atoms with E-state index in [1.54, 1.807) is 4.90 Å². The topological polar surface area (TPSA) is 72.9 Å². The first-order valence-electron chi connectivity index (χ1n) is 8.10. The predicted octanol–water partition coefficient (Wildman–Crippen LogP) is -0.0381. The summed E-state index contributed by atoms with van der Waals surface area (Å²) < 4.78 is 0. The molecule has 0 saturated carbocycles. The zero-order valence-corrected chi connectivity index (χ0v) is 12.7. The van der Waals surface area contributed by atoms with Crippen molar-refractivity contribution in [1.29, 1.82) is 0 Å². The number of aliphatic hydroxyl groups is 1. The molecule has 0 aromatic carbocycles. The Bertz CT molecular complexity index is 362. The highest BCUT2D eigenvalue weighted by atomic mass is 16.3. The number of carbonyl (C=O) groups is 2. The van der Waals surface area contributed by atoms with E-state index >= 15 is 0 Å². The summed E-state index contributed by atoms with van der Waals surface area (Å²) in [5.41, 5.74) is 0. The van der Waals surface area contributed by atoms with Crippen LogP contribution in [0.15, 0.2) is 0 Å². The maximum atomic E-state index is 11.8. The molecule has 2 amide bonds. The van der Waals surface area contributed by atoms with Crippen LogP contribution in [0.2, 0.25) is 0 Å². The van der Waals surface area contributed by atoms with Gasteiger partial charge < -0.3 is 15.3 Å². The molecular weight excluding hydrogens is 270 g/mol. The van der Waals surface area contributed by atoms with Crippen molar-refractivity contribution in [1.82, 2.24) is 15.1 Å². The van der Waals surface area contributed by atoms with Gasteiger partial charge in [0.2, 0.25) is 11.8 Å². The van der Waals surface area contributed by atoms with Gasteiger partial charge in [0.15, 0.2) is 0 Å². The average molecular weight is 297 g/mol. The Labute approximate surface area is 126 Å². The lowest BCUT2D eigenvalue weighted by Gasteiger charge is -2.34. The third-order valence-corrected chi connectivity index (χ3v) is 4.41. The standard InChI is InChI=1S/C15H27N3O3/c19-12-13-5-1-2-8-17(13)10-4-7-16-14(20)11-18-9-3-6-15(18)21/h13,19H,1-12H2,(H,16,20). The number of hydrogen-bond donors (Lipinski definition) is 2. The van der Waals surface area contributed by atoms with Gasteiger partial charge in [-0.25, -0.2) is 0 Å². The van der Waals surface area contributed by atoms with Gasteiger partial charge in [-0.05, 0) is 32.2 Å². The van der Waals surface area contributed by atoms with Crippen molar-refractivity contribution in [3.63, 3.8) is 0 Å². The molecule has 2 heterocycles. The Balaban J connectivity index is 1.58. The first-order valence-corrected chi connectivity index (χ1v) is 8.10. The smallest absolute Gasteiger partial charge is 0.239 e. The molecule has 0 radical (unpaired) electrons. The first-order chi connectivity index (χ1) is 10.2. The summed E-state index contributed by atoms with van der Waals surface area (Å²) in [4.78, 5) is 27.1. The van der Waals surface area contributed by atoms with Crippen LogP contribution in [0.1, 0.15) is 38.5 Å². The number of aliphatic hydroxyl groups excluding tert-OH is 1. The molecule has 1 atom stereocenters. The number of piperidine rings is 1. The second kappa shape index (κ2) is 8.34. The molecule has 0 spiro atoms. The zero-order chi connectivity index (χ0) is 15.1. The molecule has 2 aliphatic rings. The van der Waals surface area contributed by atoms with Crippen LogP contribution in [0.25, 0.3) is 0 Å². The number of likely N-dealkylation sites (tertiary alicyclic amines) is 2. The van der Waals surface area contributed by atoms with Gasteiger partial charge >= 0.3 is 0 Å². The third kappa shape index (κ3) is 4.97. The molecule has 0 aromatic heterocycles. The van der Waals surface area contributed by atoms with Crippen LogP contribution in [0, 0.1) is 0 Å². The maximum absolute atomic E-state index is 11.8. The highest BCUT2D eigenvalue weighted by Crippen LogP contribution is 2.16. The molecule has 0 aliphatic carbocycles. The molecule has 2 fully saturated rings. The fourth-order valence-corrected chi connectivity index (χ4v) is 3.17. The summed E-state index contributed by atoms with van der Waals surface area (Å²) in [6, 6.07) is 0.289. The number of rotatable bonds is 7. The van der Waals surface area contributed by atoms with Crippen molar-refractivity contribution in [2.75, 3.05) is 39.3 Å². The second-order valence-electron chi connectivity index (χ2n) is 5.99. The van der Waals surface area contributed by atoms with Gasteiger partial charge in [-0.15, -0.1) is 0 Å². The summed E-state index contributed by atoms with van der Waals surface area (Å²) in [5, 5.41) is 12.2. The lowest BCUT2D eigenvalue weighted by atomic mass is 10.0. The minimum absolute atomic E-state index is 0.0670. The number of nitrogens with one attached hydrogen (secondary N) is 1. The Hall–Kier alpha value is -1.14. The largest absolute Gasteiger partial charge is 0.395 e. The van der Waals surface area contributed by atoms with Crippen LogP contribution in [0.5, 0.6) is 0 Å². The van der Waals surface area contributed by atoms with Gasteiger partial charge in [0, 0.05) is 32.1 Å². The minimum atomic E-state index is -0.0670. The zero-order valence-electron chi connectivity index (χ0n) is 12.7. The molecule has 0 aromatic rings. The van der Waals surface area contributed by atoms with E-state index in [4.69, 9.17) is 0 Å². The highest BCUT2D eigenvalue weighted by Gasteiger charge is 2.23. The molecule has 1 unspecified atom stereocenters. The molecule has 120 valence electrons. The monoisotopic (exact) mass is 297 g/mol. The maximum Gasteiger partial charge on any atom is 0.239 e. The van der Waals surface area contributed by atoms with Gasteiger partial charge in [0.1, 0.15) is 0 Å². The first kappa shape index (κ1) is 16.2. The van der Waals surface area contributed by atoms with Crippen molar-refractivity contribution in [3.05, 3.63) is 0 Å². The van der Waals surface area contributed by atoms with E-state index in [1.165, 1.54) is 12.8 Å². The minimum Gasteiger partial charge on any atom is -0.395 e. The van der Waals surface area contributed by atoms with E-state index in [0.29, 0.717) is 19.5 Å². The van der Waals surface area contributed by atoms with Gasteiger partial charge in [0.25, 0.3) is 0 Å². The molecule has 2 rings (SSSR count). The van der Waals surface area contributed by atoms with Crippen molar-refractivity contribution < 1.29 is 14.7 Å². The van der Waals surface area contributed by atoms with Crippen LogP contribution >= 0.6 is 0 Å². The Kier molecular flexibility index (Phi) is 6.45. The predicted molar refractivity (Wildman–Crippen MR) is 79.7 cm³/mol. The normalized spacial score (nSPS) is 23.6. The van der Waals surface area contributed by atoms with E-state index < -0.39 is 0 Å². The van der Waals surface area contributed by atoms with E-state index in [2.05, 4.69) is 10.2 Å². The molecule has 0 bridgehead atoms. The summed E-state index contributed by atoms with van der Waals surface area (Å²) in [5.74, 6) is 0.0202. The number of hydrogen-bond acceptors (Lipinski definition) is 4. The molecular formula is C15H27N3O3. The summed E-state index contributed by atoms with van der Waals surface area (Å²) in [6.07, 6.45) is 5.78. The molecule has 2 aliphatic heterocycles. The van der Waals surface area contributed by atoms with Gasteiger partial charge in [-0.3, -0.25) is 14.5 Å². The average Bonchev–Trinajstić information content (AvgIpc) is 2.89. The second-order valence-corrected chi connectivity index (χ2v) is 5.99. The highest BCUT2D eigenvalue weighted by molar-refractivity contribution is 5.85. The van der Waals surface area contributed by atoms with Crippen LogP contribution in [-0.2, 0) is 9.59 Å². The van der Waals surface area contributed by atoms with Crippen LogP contribution in [0.3, 0.4) is 0 Å². The van der Waals surface area contributed by atoms with Crippen molar-refractivity contribution in [2.24, 2.45) is 0 Å². The summed E-state index contributed by atoms with van der Waals surface area (Å²) in [6.45, 7) is 3.72. The quantitative estimate of drug-likeness (QED) is 0.647. The fourth-order valence-electron chi connectivity index (χ4n) is 3.17. The molecule has 2 N–H and O–H groups in total. The van der Waals surface area contributed by atoms with Crippen LogP contribution in [-0.4, -0.2) is 72.1 Å². The van der Waals surface area contributed by atoms with E-state index in [0.717, 1.165) is 32.4 Å². The van der Waals surface area contributed by atoms with E-state index in [1.807, 2.05) is 0 Å². The number of carbonyl (C=O) groups excluding carboxylic acids is 2. The van der Waals surface area contributed by atoms with Gasteiger partial charge in [-0.2, -0.15) is 0 Å². The molecule has 21 heavy (non-hydrogen) atoms. The molecule has 6 nitrogen and oxygen atoms in total. The third-order valence-electron chi connectivity index (χ3n) is 4.41. The van der Waals surface area contributed by atoms with Crippen molar-refractivity contribution in [2.45, 2.75) is 44.6 Å². The van der Waals surface area contributed by atoms with E-state index in [9.17, 15) is 14.7 Å². The van der Waals surface area contributed by atoms with Crippen molar-refractivity contribution in [3.8, 4) is 0 Å². The summed E-state index contributed by atoms with van der Waals surface area (Å²) in [7, 11) is 0. The lowest BCUT2D eigenvalue weighted by Crippen LogP contribution is -2.43. The molecule has 6 heteroatoms.